The van der Waals surface area contributed by atoms with E-state index in [2.05, 4.69) is 26.2 Å². The highest BCUT2D eigenvalue weighted by atomic mass is 79.9. The average Bonchev–Trinajstić information content (AvgIpc) is 3.15. The number of ether oxygens (including phenoxy) is 1. The van der Waals surface area contributed by atoms with E-state index in [0.717, 1.165) is 15.6 Å². The lowest BCUT2D eigenvalue weighted by atomic mass is 9.96. The Labute approximate surface area is 198 Å². The maximum atomic E-state index is 12.8. The molecule has 0 saturated carbocycles. The number of rotatable bonds is 6. The number of allylic oxidation sites excluding steroid dienone is 1. The van der Waals surface area contributed by atoms with E-state index in [0.29, 0.717) is 39.8 Å². The minimum Gasteiger partial charge on any atom is -0.463 e. The molecule has 4 rings (SSSR count). The van der Waals surface area contributed by atoms with Crippen LogP contribution in [-0.2, 0) is 15.3 Å². The first-order chi connectivity index (χ1) is 15.0. The summed E-state index contributed by atoms with van der Waals surface area (Å²) in [6.45, 7) is 3.95. The van der Waals surface area contributed by atoms with Crippen molar-refractivity contribution < 1.29 is 9.53 Å². The minimum atomic E-state index is -0.439. The van der Waals surface area contributed by atoms with Gasteiger partial charge in [0.25, 0.3) is 0 Å². The topological polar surface area (TPSA) is 69.0 Å². The van der Waals surface area contributed by atoms with Crippen molar-refractivity contribution in [1.29, 1.82) is 0 Å². The normalized spacial score (nSPS) is 15.4. The van der Waals surface area contributed by atoms with Crippen molar-refractivity contribution in [2.24, 2.45) is 0 Å². The SMILES string of the molecule is CCOC(=O)C1=C(C)Nc2nc(SCc3ccccc3Cl)nn2[C@@H]1c1ccc(Br)cc1. The zero-order chi connectivity index (χ0) is 22.0. The van der Waals surface area contributed by atoms with Gasteiger partial charge in [-0.05, 0) is 43.2 Å². The molecular formula is C22H20BrClN4O2S. The highest BCUT2D eigenvalue weighted by molar-refractivity contribution is 9.10. The number of carbonyl (C=O) groups excluding carboxylic acids is 1. The molecule has 0 saturated heterocycles. The first kappa shape index (κ1) is 21.9. The Hall–Kier alpha value is -2.29. The first-order valence-corrected chi connectivity index (χ1v) is 11.9. The van der Waals surface area contributed by atoms with E-state index in [1.807, 2.05) is 55.5 Å². The van der Waals surface area contributed by atoms with Crippen LogP contribution in [-0.4, -0.2) is 27.3 Å². The maximum absolute atomic E-state index is 12.8. The van der Waals surface area contributed by atoms with Gasteiger partial charge in [0.1, 0.15) is 6.04 Å². The van der Waals surface area contributed by atoms with Gasteiger partial charge in [0.05, 0.1) is 12.2 Å². The lowest BCUT2D eigenvalue weighted by molar-refractivity contribution is -0.139. The number of benzene rings is 2. The average molecular weight is 520 g/mol. The van der Waals surface area contributed by atoms with Gasteiger partial charge in [0, 0.05) is 20.9 Å². The number of nitrogens with zero attached hydrogens (tertiary/aromatic N) is 3. The van der Waals surface area contributed by atoms with E-state index < -0.39 is 6.04 Å². The molecule has 0 unspecified atom stereocenters. The Balaban J connectivity index is 1.70. The molecule has 0 fully saturated rings. The number of aromatic nitrogens is 3. The number of carbonyl (C=O) groups is 1. The summed E-state index contributed by atoms with van der Waals surface area (Å²) in [5.74, 6) is 0.857. The van der Waals surface area contributed by atoms with E-state index in [1.54, 1.807) is 11.6 Å². The van der Waals surface area contributed by atoms with Crippen LogP contribution in [0.15, 0.2) is 69.4 Å². The highest BCUT2D eigenvalue weighted by Crippen LogP contribution is 2.37. The van der Waals surface area contributed by atoms with Crippen LogP contribution in [0.2, 0.25) is 5.02 Å². The summed E-state index contributed by atoms with van der Waals surface area (Å²) in [7, 11) is 0. The maximum Gasteiger partial charge on any atom is 0.338 e. The molecule has 1 aromatic heterocycles. The van der Waals surface area contributed by atoms with Crippen LogP contribution in [0.1, 0.15) is 31.0 Å². The Morgan fingerprint density at radius 2 is 2.00 bits per heavy atom. The van der Waals surface area contributed by atoms with E-state index in [1.165, 1.54) is 11.8 Å². The fraction of sp³-hybridized carbons (Fsp3) is 0.227. The summed E-state index contributed by atoms with van der Waals surface area (Å²) >= 11 is 11.2. The Morgan fingerprint density at radius 1 is 1.26 bits per heavy atom. The van der Waals surface area contributed by atoms with Gasteiger partial charge in [-0.3, -0.25) is 0 Å². The molecule has 2 heterocycles. The molecule has 1 N–H and O–H groups in total. The molecule has 3 aromatic rings. The lowest BCUT2D eigenvalue weighted by Crippen LogP contribution is -2.29. The Morgan fingerprint density at radius 3 is 2.71 bits per heavy atom. The number of hydrogen-bond donors (Lipinski definition) is 1. The van der Waals surface area contributed by atoms with E-state index >= 15 is 0 Å². The highest BCUT2D eigenvalue weighted by Gasteiger charge is 2.35. The molecule has 0 radical (unpaired) electrons. The Bertz CT molecular complexity index is 1150. The van der Waals surface area contributed by atoms with E-state index in [9.17, 15) is 4.79 Å². The molecule has 6 nitrogen and oxygen atoms in total. The smallest absolute Gasteiger partial charge is 0.338 e. The quantitative estimate of drug-likeness (QED) is 0.326. The third kappa shape index (κ3) is 4.66. The van der Waals surface area contributed by atoms with Gasteiger partial charge in [-0.25, -0.2) is 9.48 Å². The first-order valence-electron chi connectivity index (χ1n) is 9.71. The molecule has 1 aliphatic heterocycles. The van der Waals surface area contributed by atoms with Crippen LogP contribution in [0.3, 0.4) is 0 Å². The van der Waals surface area contributed by atoms with Gasteiger partial charge in [-0.2, -0.15) is 4.98 Å². The van der Waals surface area contributed by atoms with Crippen molar-refractivity contribution in [3.8, 4) is 0 Å². The molecule has 0 bridgehead atoms. The zero-order valence-electron chi connectivity index (χ0n) is 16.9. The molecule has 9 heteroatoms. The fourth-order valence-electron chi connectivity index (χ4n) is 3.38. The summed E-state index contributed by atoms with van der Waals surface area (Å²) in [5.41, 5.74) is 3.15. The van der Waals surface area contributed by atoms with Crippen LogP contribution in [0.5, 0.6) is 0 Å². The summed E-state index contributed by atoms with van der Waals surface area (Å²) in [6.07, 6.45) is 0. The van der Waals surface area contributed by atoms with Crippen molar-refractivity contribution >= 4 is 51.2 Å². The zero-order valence-corrected chi connectivity index (χ0v) is 20.1. The summed E-state index contributed by atoms with van der Waals surface area (Å²) in [4.78, 5) is 17.5. The second-order valence-electron chi connectivity index (χ2n) is 6.88. The molecule has 1 atom stereocenters. The summed E-state index contributed by atoms with van der Waals surface area (Å²) in [6, 6.07) is 15.1. The van der Waals surface area contributed by atoms with Crippen LogP contribution in [0, 0.1) is 0 Å². The molecule has 0 spiro atoms. The van der Waals surface area contributed by atoms with E-state index in [4.69, 9.17) is 21.4 Å². The van der Waals surface area contributed by atoms with E-state index in [-0.39, 0.29) is 5.97 Å². The third-order valence-electron chi connectivity index (χ3n) is 4.83. The second-order valence-corrected chi connectivity index (χ2v) is 9.15. The predicted molar refractivity (Wildman–Crippen MR) is 126 cm³/mol. The minimum absolute atomic E-state index is 0.297. The van der Waals surface area contributed by atoms with Gasteiger partial charge in [-0.15, -0.1) is 5.10 Å². The number of halogens is 2. The van der Waals surface area contributed by atoms with Crippen molar-refractivity contribution in [2.75, 3.05) is 11.9 Å². The van der Waals surface area contributed by atoms with Gasteiger partial charge in [-0.1, -0.05) is 69.6 Å². The number of nitrogens with one attached hydrogen (secondary N) is 1. The van der Waals surface area contributed by atoms with Crippen molar-refractivity contribution in [3.05, 3.63) is 80.4 Å². The second kappa shape index (κ2) is 9.46. The lowest BCUT2D eigenvalue weighted by Gasteiger charge is -2.28. The monoisotopic (exact) mass is 518 g/mol. The summed E-state index contributed by atoms with van der Waals surface area (Å²) < 4.78 is 8.04. The molecule has 160 valence electrons. The molecular weight excluding hydrogens is 500 g/mol. The molecule has 1 aliphatic rings. The van der Waals surface area contributed by atoms with Crippen LogP contribution >= 0.6 is 39.3 Å². The number of thioether (sulfide) groups is 1. The van der Waals surface area contributed by atoms with Crippen molar-refractivity contribution in [3.63, 3.8) is 0 Å². The van der Waals surface area contributed by atoms with Crippen LogP contribution in [0.4, 0.5) is 5.95 Å². The number of fused-ring (bicyclic) bond motifs is 1. The standard InChI is InChI=1S/C22H20BrClN4O2S/c1-3-30-20(29)18-13(2)25-21-26-22(31-12-15-6-4-5-7-17(15)24)27-28(21)19(18)14-8-10-16(23)11-9-14/h4-11,19H,3,12H2,1-2H3,(H,25,26,27)/t19-/m1/s1. The Kier molecular flexibility index (Phi) is 6.69. The molecule has 2 aromatic carbocycles. The predicted octanol–water partition coefficient (Wildman–Crippen LogP) is 5.84. The molecule has 0 amide bonds. The van der Waals surface area contributed by atoms with Crippen LogP contribution < -0.4 is 5.32 Å². The largest absolute Gasteiger partial charge is 0.463 e. The summed E-state index contributed by atoms with van der Waals surface area (Å²) in [5, 5.41) is 9.24. The molecule has 31 heavy (non-hydrogen) atoms. The third-order valence-corrected chi connectivity index (χ3v) is 6.61. The number of esters is 1. The van der Waals surface area contributed by atoms with Gasteiger partial charge < -0.3 is 10.1 Å². The number of anilines is 1. The van der Waals surface area contributed by atoms with Crippen molar-refractivity contribution in [2.45, 2.75) is 30.8 Å². The van der Waals surface area contributed by atoms with Crippen LogP contribution in [0.25, 0.3) is 0 Å². The molecule has 0 aliphatic carbocycles. The van der Waals surface area contributed by atoms with Gasteiger partial charge >= 0.3 is 5.97 Å². The van der Waals surface area contributed by atoms with Gasteiger partial charge in [0.15, 0.2) is 0 Å². The van der Waals surface area contributed by atoms with Crippen molar-refractivity contribution in [1.82, 2.24) is 14.8 Å². The fourth-order valence-corrected chi connectivity index (χ4v) is 4.76. The van der Waals surface area contributed by atoms with Gasteiger partial charge in [0.2, 0.25) is 11.1 Å². The number of hydrogen-bond acceptors (Lipinski definition) is 6.